The van der Waals surface area contributed by atoms with E-state index in [1.165, 1.54) is 18.3 Å². The first kappa shape index (κ1) is 15.2. The summed E-state index contributed by atoms with van der Waals surface area (Å²) < 4.78 is 1.01. The minimum absolute atomic E-state index is 0.171. The second-order valence-corrected chi connectivity index (χ2v) is 7.19. The lowest BCUT2D eigenvalue weighted by atomic mass is 9.80. The monoisotopic (exact) mass is 353 g/mol. The van der Waals surface area contributed by atoms with Gasteiger partial charge >= 0.3 is 0 Å². The average molecular weight is 354 g/mol. The number of nitrogens with zero attached hydrogens (tertiary/aromatic N) is 1. The first-order chi connectivity index (χ1) is 11.5. The summed E-state index contributed by atoms with van der Waals surface area (Å²) in [7, 11) is 0. The minimum atomic E-state index is -0.788. The molecule has 0 aliphatic heterocycles. The van der Waals surface area contributed by atoms with Crippen molar-refractivity contribution in [1.29, 1.82) is 0 Å². The fourth-order valence-electron chi connectivity index (χ4n) is 3.02. The number of rotatable bonds is 2. The fraction of sp³-hybridized carbons (Fsp3) is 0.105. The van der Waals surface area contributed by atoms with Crippen LogP contribution in [-0.4, -0.2) is 16.6 Å². The van der Waals surface area contributed by atoms with Crippen molar-refractivity contribution in [2.24, 2.45) is 0 Å². The van der Waals surface area contributed by atoms with Gasteiger partial charge in [-0.1, -0.05) is 29.8 Å². The first-order valence-corrected chi connectivity index (χ1v) is 8.66. The quantitative estimate of drug-likeness (QED) is 0.625. The zero-order valence-electron chi connectivity index (χ0n) is 12.7. The number of allylic oxidation sites excluding steroid dienone is 1. The maximum absolute atomic E-state index is 12.9. The number of hydrogen-bond donors (Lipinski definition) is 0. The Hall–Kier alpha value is -2.30. The van der Waals surface area contributed by atoms with Crippen LogP contribution in [0, 0.1) is 0 Å². The van der Waals surface area contributed by atoms with Gasteiger partial charge < -0.3 is 0 Å². The van der Waals surface area contributed by atoms with Crippen LogP contribution in [0.3, 0.4) is 0 Å². The Balaban J connectivity index is 1.94. The third-order valence-electron chi connectivity index (χ3n) is 4.12. The van der Waals surface area contributed by atoms with Gasteiger partial charge in [-0.25, -0.2) is 4.98 Å². The number of carbonyl (C=O) groups is 2. The Morgan fingerprint density at radius 1 is 1.21 bits per heavy atom. The van der Waals surface area contributed by atoms with E-state index in [1.54, 1.807) is 24.3 Å². The SMILES string of the molecule is CC(=O)C1C(=O)C(c2nc3ccccc3s2)=Cc2cc(Cl)ccc21. The van der Waals surface area contributed by atoms with Gasteiger partial charge in [0.05, 0.1) is 15.8 Å². The van der Waals surface area contributed by atoms with E-state index in [9.17, 15) is 9.59 Å². The molecule has 1 heterocycles. The molecule has 1 aliphatic carbocycles. The molecule has 24 heavy (non-hydrogen) atoms. The molecule has 0 saturated carbocycles. The van der Waals surface area contributed by atoms with Crippen molar-refractivity contribution in [3.63, 3.8) is 0 Å². The Labute approximate surface area is 147 Å². The Morgan fingerprint density at radius 3 is 2.75 bits per heavy atom. The highest BCUT2D eigenvalue weighted by Crippen LogP contribution is 2.39. The molecule has 0 fully saturated rings. The van der Waals surface area contributed by atoms with Crippen LogP contribution in [0.2, 0.25) is 5.02 Å². The zero-order chi connectivity index (χ0) is 16.8. The number of para-hydroxylation sites is 1. The number of hydrogen-bond acceptors (Lipinski definition) is 4. The molecule has 1 unspecified atom stereocenters. The molecule has 5 heteroatoms. The molecule has 0 saturated heterocycles. The number of thiazole rings is 1. The van der Waals surface area contributed by atoms with Gasteiger partial charge in [-0.3, -0.25) is 9.59 Å². The minimum Gasteiger partial charge on any atom is -0.299 e. The van der Waals surface area contributed by atoms with E-state index in [0.717, 1.165) is 15.8 Å². The van der Waals surface area contributed by atoms with Gasteiger partial charge in [-0.05, 0) is 48.4 Å². The summed E-state index contributed by atoms with van der Waals surface area (Å²) in [5, 5.41) is 1.21. The van der Waals surface area contributed by atoms with Gasteiger partial charge in [-0.2, -0.15) is 0 Å². The lowest BCUT2D eigenvalue weighted by molar-refractivity contribution is -0.125. The van der Waals surface area contributed by atoms with Crippen molar-refractivity contribution in [1.82, 2.24) is 4.98 Å². The number of benzene rings is 2. The third-order valence-corrected chi connectivity index (χ3v) is 5.42. The summed E-state index contributed by atoms with van der Waals surface area (Å²) in [5.74, 6) is -1.16. The highest BCUT2D eigenvalue weighted by atomic mass is 35.5. The predicted molar refractivity (Wildman–Crippen MR) is 97.4 cm³/mol. The second kappa shape index (κ2) is 5.65. The third kappa shape index (κ3) is 2.39. The molecular weight excluding hydrogens is 342 g/mol. The molecule has 0 amide bonds. The zero-order valence-corrected chi connectivity index (χ0v) is 14.3. The van der Waals surface area contributed by atoms with Crippen LogP contribution >= 0.6 is 22.9 Å². The number of carbonyl (C=O) groups excluding carboxylic acids is 2. The molecule has 0 bridgehead atoms. The highest BCUT2D eigenvalue weighted by molar-refractivity contribution is 7.20. The summed E-state index contributed by atoms with van der Waals surface area (Å²) in [6.45, 7) is 1.45. The number of ketones is 2. The molecule has 2 aromatic carbocycles. The molecule has 0 radical (unpaired) electrons. The molecule has 0 spiro atoms. The van der Waals surface area contributed by atoms with E-state index in [-0.39, 0.29) is 11.6 Å². The lowest BCUT2D eigenvalue weighted by Gasteiger charge is -2.22. The highest BCUT2D eigenvalue weighted by Gasteiger charge is 2.34. The number of fused-ring (bicyclic) bond motifs is 2. The standard InChI is InChI=1S/C19H12ClNO2S/c1-10(22)17-13-7-6-12(20)8-11(13)9-14(18(17)23)19-21-15-4-2-3-5-16(15)24-19/h2-9,17H,1H3. The van der Waals surface area contributed by atoms with Crippen molar-refractivity contribution in [2.45, 2.75) is 12.8 Å². The van der Waals surface area contributed by atoms with Crippen LogP contribution in [0.1, 0.15) is 29.0 Å². The van der Waals surface area contributed by atoms with Crippen LogP contribution in [0.15, 0.2) is 42.5 Å². The van der Waals surface area contributed by atoms with Crippen LogP contribution in [0.5, 0.6) is 0 Å². The Bertz CT molecular complexity index is 1000. The fourth-order valence-corrected chi connectivity index (χ4v) is 4.18. The molecule has 4 rings (SSSR count). The molecule has 1 aromatic heterocycles. The summed E-state index contributed by atoms with van der Waals surface area (Å²) >= 11 is 7.54. The number of halogens is 1. The maximum Gasteiger partial charge on any atom is 0.180 e. The van der Waals surface area contributed by atoms with Gasteiger partial charge in [0.15, 0.2) is 5.78 Å². The first-order valence-electron chi connectivity index (χ1n) is 7.46. The van der Waals surface area contributed by atoms with Crippen LogP contribution in [0.4, 0.5) is 0 Å². The van der Waals surface area contributed by atoms with Gasteiger partial charge in [0, 0.05) is 5.02 Å². The molecule has 1 aliphatic rings. The van der Waals surface area contributed by atoms with Crippen molar-refractivity contribution >= 4 is 56.4 Å². The topological polar surface area (TPSA) is 47.0 Å². The predicted octanol–water partition coefficient (Wildman–Crippen LogP) is 4.75. The summed E-state index contributed by atoms with van der Waals surface area (Å²) in [5.41, 5.74) is 2.84. The van der Waals surface area contributed by atoms with Crippen LogP contribution < -0.4 is 0 Å². The van der Waals surface area contributed by atoms with Gasteiger partial charge in [-0.15, -0.1) is 11.3 Å². The smallest absolute Gasteiger partial charge is 0.180 e. The van der Waals surface area contributed by atoms with Crippen LogP contribution in [0.25, 0.3) is 21.9 Å². The molecule has 3 aromatic rings. The van der Waals surface area contributed by atoms with Crippen molar-refractivity contribution in [3.05, 3.63) is 63.6 Å². The summed E-state index contributed by atoms with van der Waals surface area (Å²) in [6, 6.07) is 13.0. The molecule has 118 valence electrons. The Kier molecular flexibility index (Phi) is 3.59. The lowest BCUT2D eigenvalue weighted by Crippen LogP contribution is -2.24. The maximum atomic E-state index is 12.9. The largest absolute Gasteiger partial charge is 0.299 e. The van der Waals surface area contributed by atoms with Crippen molar-refractivity contribution in [2.75, 3.05) is 0 Å². The Morgan fingerprint density at radius 2 is 2.00 bits per heavy atom. The van der Waals surface area contributed by atoms with Gasteiger partial charge in [0.25, 0.3) is 0 Å². The van der Waals surface area contributed by atoms with E-state index in [2.05, 4.69) is 4.98 Å². The molecular formula is C19H12ClNO2S. The van der Waals surface area contributed by atoms with E-state index in [0.29, 0.717) is 21.2 Å². The average Bonchev–Trinajstić information content (AvgIpc) is 2.97. The normalized spacial score (nSPS) is 16.8. The van der Waals surface area contributed by atoms with E-state index in [1.807, 2.05) is 24.3 Å². The number of Topliss-reactive ketones (excluding diaryl/α,β-unsaturated/α-hetero) is 2. The van der Waals surface area contributed by atoms with Gasteiger partial charge in [0.1, 0.15) is 16.7 Å². The number of aromatic nitrogens is 1. The second-order valence-electron chi connectivity index (χ2n) is 5.73. The van der Waals surface area contributed by atoms with Crippen LogP contribution in [-0.2, 0) is 9.59 Å². The molecule has 3 nitrogen and oxygen atoms in total. The molecule has 0 N–H and O–H groups in total. The summed E-state index contributed by atoms with van der Waals surface area (Å²) in [4.78, 5) is 29.6. The molecule has 1 atom stereocenters. The van der Waals surface area contributed by atoms with Crippen molar-refractivity contribution in [3.8, 4) is 0 Å². The van der Waals surface area contributed by atoms with Gasteiger partial charge in [0.2, 0.25) is 0 Å². The van der Waals surface area contributed by atoms with E-state index >= 15 is 0 Å². The van der Waals surface area contributed by atoms with E-state index in [4.69, 9.17) is 11.6 Å². The van der Waals surface area contributed by atoms with Crippen molar-refractivity contribution < 1.29 is 9.59 Å². The summed E-state index contributed by atoms with van der Waals surface area (Å²) in [6.07, 6.45) is 1.79. The van der Waals surface area contributed by atoms with E-state index < -0.39 is 5.92 Å².